The lowest BCUT2D eigenvalue weighted by Gasteiger charge is -2.18. The van der Waals surface area contributed by atoms with Crippen molar-refractivity contribution in [1.29, 1.82) is 0 Å². The van der Waals surface area contributed by atoms with Gasteiger partial charge in [0.2, 0.25) is 0 Å². The summed E-state index contributed by atoms with van der Waals surface area (Å²) in [5.74, 6) is 0.541. The minimum absolute atomic E-state index is 0.541. The molecule has 0 aliphatic rings. The molecule has 0 spiro atoms. The summed E-state index contributed by atoms with van der Waals surface area (Å²) in [7, 11) is 0. The first-order chi connectivity index (χ1) is 7.63. The predicted molar refractivity (Wildman–Crippen MR) is 74.4 cm³/mol. The largest absolute Gasteiger partial charge is 0.385 e. The van der Waals surface area contributed by atoms with E-state index in [9.17, 15) is 0 Å². The molecular formula is C15H27N. The number of rotatable bonds is 10. The molecule has 1 heteroatoms. The van der Waals surface area contributed by atoms with Gasteiger partial charge in [0.25, 0.3) is 0 Å². The molecule has 0 aromatic carbocycles. The third kappa shape index (κ3) is 6.49. The Morgan fingerprint density at radius 1 is 1.31 bits per heavy atom. The molecule has 0 heterocycles. The van der Waals surface area contributed by atoms with Gasteiger partial charge in [0.1, 0.15) is 0 Å². The van der Waals surface area contributed by atoms with Crippen LogP contribution in [0.15, 0.2) is 37.1 Å². The molecule has 1 atom stereocenters. The Morgan fingerprint density at radius 3 is 2.56 bits per heavy atom. The zero-order chi connectivity index (χ0) is 12.4. The Bertz CT molecular complexity index is 228. The van der Waals surface area contributed by atoms with Crippen molar-refractivity contribution < 1.29 is 0 Å². The molecule has 0 aromatic rings. The van der Waals surface area contributed by atoms with Gasteiger partial charge < -0.3 is 5.32 Å². The van der Waals surface area contributed by atoms with Crippen molar-refractivity contribution in [2.75, 3.05) is 6.54 Å². The summed E-state index contributed by atoms with van der Waals surface area (Å²) >= 11 is 0. The molecular weight excluding hydrogens is 194 g/mol. The zero-order valence-electron chi connectivity index (χ0n) is 11.0. The summed E-state index contributed by atoms with van der Waals surface area (Å²) in [4.78, 5) is 0. The quantitative estimate of drug-likeness (QED) is 0.327. The first kappa shape index (κ1) is 15.0. The molecule has 1 unspecified atom stereocenters. The van der Waals surface area contributed by atoms with Crippen LogP contribution in [0.2, 0.25) is 0 Å². The average Bonchev–Trinajstić information content (AvgIpc) is 2.30. The minimum atomic E-state index is 0.541. The number of hydrogen-bond donors (Lipinski definition) is 1. The van der Waals surface area contributed by atoms with E-state index in [1.165, 1.54) is 19.3 Å². The van der Waals surface area contributed by atoms with Crippen molar-refractivity contribution in [1.82, 2.24) is 5.32 Å². The van der Waals surface area contributed by atoms with Crippen molar-refractivity contribution in [2.45, 2.75) is 46.0 Å². The average molecular weight is 221 g/mol. The highest BCUT2D eigenvalue weighted by Crippen LogP contribution is 2.20. The van der Waals surface area contributed by atoms with Crippen LogP contribution in [0, 0.1) is 5.92 Å². The second-order valence-corrected chi connectivity index (χ2v) is 4.40. The molecule has 0 bridgehead atoms. The fourth-order valence-electron chi connectivity index (χ4n) is 1.58. The maximum atomic E-state index is 4.12. The van der Waals surface area contributed by atoms with E-state index >= 15 is 0 Å². The number of nitrogens with one attached hydrogen (secondary N) is 1. The van der Waals surface area contributed by atoms with Gasteiger partial charge in [-0.15, -0.1) is 6.58 Å². The lowest BCUT2D eigenvalue weighted by Crippen LogP contribution is -2.17. The number of unbranched alkanes of at least 4 members (excludes halogenated alkanes) is 2. The second-order valence-electron chi connectivity index (χ2n) is 4.40. The summed E-state index contributed by atoms with van der Waals surface area (Å²) in [6.45, 7) is 17.3. The van der Waals surface area contributed by atoms with Crippen LogP contribution in [0.4, 0.5) is 0 Å². The van der Waals surface area contributed by atoms with Crippen LogP contribution in [0.5, 0.6) is 0 Å². The highest BCUT2D eigenvalue weighted by Gasteiger charge is 2.08. The maximum absolute atomic E-state index is 4.12. The molecule has 0 aliphatic heterocycles. The lowest BCUT2D eigenvalue weighted by atomic mass is 9.94. The van der Waals surface area contributed by atoms with Gasteiger partial charge in [0.15, 0.2) is 0 Å². The van der Waals surface area contributed by atoms with Crippen LogP contribution in [0.25, 0.3) is 0 Å². The van der Waals surface area contributed by atoms with Gasteiger partial charge in [0.05, 0.1) is 0 Å². The van der Waals surface area contributed by atoms with Crippen molar-refractivity contribution in [2.24, 2.45) is 5.92 Å². The third-order valence-corrected chi connectivity index (χ3v) is 2.90. The molecule has 0 saturated carbocycles. The van der Waals surface area contributed by atoms with E-state index in [0.29, 0.717) is 5.92 Å². The van der Waals surface area contributed by atoms with Gasteiger partial charge >= 0.3 is 0 Å². The Morgan fingerprint density at radius 2 is 2.00 bits per heavy atom. The van der Waals surface area contributed by atoms with E-state index < -0.39 is 0 Å². The molecule has 0 aliphatic carbocycles. The monoisotopic (exact) mass is 221 g/mol. The molecule has 0 saturated heterocycles. The van der Waals surface area contributed by atoms with E-state index in [2.05, 4.69) is 38.9 Å². The summed E-state index contributed by atoms with van der Waals surface area (Å²) in [6, 6.07) is 0. The first-order valence-electron chi connectivity index (χ1n) is 6.36. The Hall–Kier alpha value is -0.980. The van der Waals surface area contributed by atoms with Crippen LogP contribution in [-0.2, 0) is 0 Å². The standard InChI is InChI=1S/C15H27N/c1-6-8-10-12-16-15(5)14(4)13(3)11-9-7-2/h6,13,16H,1,4-5,7-12H2,2-3H3. The lowest BCUT2D eigenvalue weighted by molar-refractivity contribution is 0.568. The molecule has 0 amide bonds. The number of allylic oxidation sites excluding steroid dienone is 2. The first-order valence-corrected chi connectivity index (χ1v) is 6.36. The summed E-state index contributed by atoms with van der Waals surface area (Å²) in [5.41, 5.74) is 2.17. The molecule has 0 fully saturated rings. The fourth-order valence-corrected chi connectivity index (χ4v) is 1.58. The highest BCUT2D eigenvalue weighted by atomic mass is 14.9. The highest BCUT2D eigenvalue weighted by molar-refractivity contribution is 5.25. The van der Waals surface area contributed by atoms with Crippen LogP contribution in [-0.4, -0.2) is 6.54 Å². The van der Waals surface area contributed by atoms with E-state index in [-0.39, 0.29) is 0 Å². The Balaban J connectivity index is 3.79. The number of hydrogen-bond acceptors (Lipinski definition) is 1. The van der Waals surface area contributed by atoms with Crippen molar-refractivity contribution in [3.8, 4) is 0 Å². The summed E-state index contributed by atoms with van der Waals surface area (Å²) in [5, 5.41) is 3.33. The Kier molecular flexibility index (Phi) is 8.69. The van der Waals surface area contributed by atoms with Gasteiger partial charge in [-0.2, -0.15) is 0 Å². The van der Waals surface area contributed by atoms with E-state index in [0.717, 1.165) is 30.7 Å². The molecule has 92 valence electrons. The second kappa shape index (κ2) is 9.26. The molecule has 1 nitrogen and oxygen atoms in total. The maximum Gasteiger partial charge on any atom is 0.0296 e. The summed E-state index contributed by atoms with van der Waals surface area (Å²) < 4.78 is 0. The van der Waals surface area contributed by atoms with Crippen molar-refractivity contribution in [3.05, 3.63) is 37.1 Å². The molecule has 16 heavy (non-hydrogen) atoms. The van der Waals surface area contributed by atoms with Gasteiger partial charge in [-0.25, -0.2) is 0 Å². The SMILES string of the molecule is C=CCCCNC(=C)C(=C)C(C)CCCC. The van der Waals surface area contributed by atoms with Crippen LogP contribution < -0.4 is 5.32 Å². The van der Waals surface area contributed by atoms with Gasteiger partial charge in [-0.3, -0.25) is 0 Å². The van der Waals surface area contributed by atoms with Crippen molar-refractivity contribution >= 4 is 0 Å². The van der Waals surface area contributed by atoms with E-state index in [1.807, 2.05) is 6.08 Å². The van der Waals surface area contributed by atoms with Crippen LogP contribution in [0.3, 0.4) is 0 Å². The Labute approximate surface area is 101 Å². The van der Waals surface area contributed by atoms with Crippen LogP contribution >= 0.6 is 0 Å². The normalized spacial score (nSPS) is 11.9. The summed E-state index contributed by atoms with van der Waals surface area (Å²) in [6.07, 6.45) is 7.84. The molecule has 0 radical (unpaired) electrons. The topological polar surface area (TPSA) is 12.0 Å². The smallest absolute Gasteiger partial charge is 0.0296 e. The molecule has 0 aromatic heterocycles. The van der Waals surface area contributed by atoms with E-state index in [1.54, 1.807) is 0 Å². The van der Waals surface area contributed by atoms with Crippen molar-refractivity contribution in [3.63, 3.8) is 0 Å². The fraction of sp³-hybridized carbons (Fsp3) is 0.600. The zero-order valence-corrected chi connectivity index (χ0v) is 11.0. The van der Waals surface area contributed by atoms with E-state index in [4.69, 9.17) is 0 Å². The van der Waals surface area contributed by atoms with Gasteiger partial charge in [-0.05, 0) is 30.8 Å². The van der Waals surface area contributed by atoms with Gasteiger partial charge in [-0.1, -0.05) is 45.9 Å². The minimum Gasteiger partial charge on any atom is -0.385 e. The predicted octanol–water partition coefficient (Wildman–Crippen LogP) is 4.44. The molecule has 0 rings (SSSR count). The third-order valence-electron chi connectivity index (χ3n) is 2.90. The van der Waals surface area contributed by atoms with Gasteiger partial charge in [0, 0.05) is 12.2 Å². The molecule has 1 N–H and O–H groups in total. The van der Waals surface area contributed by atoms with Crippen LogP contribution in [0.1, 0.15) is 46.0 Å².